The van der Waals surface area contributed by atoms with Gasteiger partial charge in [0.05, 0.1) is 28.1 Å². The molecule has 0 fully saturated rings. The SMILES string of the molecule is CCCN(CCO)c1c(C(=O)OC(C)(C)C)cc([N+](=O)[O-])cc1[N+](=O)[O-]. The smallest absolute Gasteiger partial charge is 0.341 e. The summed E-state index contributed by atoms with van der Waals surface area (Å²) in [7, 11) is 0. The second-order valence-corrected chi connectivity index (χ2v) is 6.59. The number of carbonyl (C=O) groups is 1. The number of nitrogens with zero attached hydrogens (tertiary/aromatic N) is 3. The number of anilines is 1. The number of hydrogen-bond donors (Lipinski definition) is 1. The second-order valence-electron chi connectivity index (χ2n) is 6.59. The summed E-state index contributed by atoms with van der Waals surface area (Å²) < 4.78 is 5.27. The normalized spacial score (nSPS) is 11.1. The van der Waals surface area contributed by atoms with Gasteiger partial charge >= 0.3 is 5.97 Å². The van der Waals surface area contributed by atoms with Crippen molar-refractivity contribution in [3.63, 3.8) is 0 Å². The van der Waals surface area contributed by atoms with Gasteiger partial charge in [-0.2, -0.15) is 0 Å². The van der Waals surface area contributed by atoms with E-state index in [1.54, 1.807) is 20.8 Å². The third-order valence-electron chi connectivity index (χ3n) is 3.28. The van der Waals surface area contributed by atoms with Crippen LogP contribution in [0.2, 0.25) is 0 Å². The molecule has 0 saturated carbocycles. The Hall–Kier alpha value is -2.75. The van der Waals surface area contributed by atoms with Crippen LogP contribution in [0.5, 0.6) is 0 Å². The minimum atomic E-state index is -0.904. The zero-order chi connectivity index (χ0) is 20.1. The van der Waals surface area contributed by atoms with Crippen molar-refractivity contribution in [2.75, 3.05) is 24.6 Å². The Labute approximate surface area is 150 Å². The zero-order valence-electron chi connectivity index (χ0n) is 15.2. The Morgan fingerprint density at radius 2 is 1.81 bits per heavy atom. The summed E-state index contributed by atoms with van der Waals surface area (Å²) in [5.41, 5.74) is -2.42. The lowest BCUT2D eigenvalue weighted by Crippen LogP contribution is -2.31. The van der Waals surface area contributed by atoms with Crippen LogP contribution in [0.1, 0.15) is 44.5 Å². The number of rotatable bonds is 8. The molecule has 0 bridgehead atoms. The van der Waals surface area contributed by atoms with E-state index in [-0.39, 0.29) is 24.4 Å². The van der Waals surface area contributed by atoms with E-state index >= 15 is 0 Å². The maximum atomic E-state index is 12.6. The number of aliphatic hydroxyl groups excluding tert-OH is 1. The number of non-ortho nitro benzene ring substituents is 1. The summed E-state index contributed by atoms with van der Waals surface area (Å²) >= 11 is 0. The number of benzene rings is 1. The Balaban J connectivity index is 3.71. The second kappa shape index (κ2) is 8.56. The van der Waals surface area contributed by atoms with E-state index < -0.39 is 32.8 Å². The Morgan fingerprint density at radius 1 is 1.19 bits per heavy atom. The highest BCUT2D eigenvalue weighted by Crippen LogP contribution is 2.37. The summed E-state index contributed by atoms with van der Waals surface area (Å²) in [6.45, 7) is 6.73. The third-order valence-corrected chi connectivity index (χ3v) is 3.28. The van der Waals surface area contributed by atoms with Crippen LogP contribution in [-0.4, -0.2) is 46.2 Å². The number of carbonyl (C=O) groups excluding carboxylic acids is 1. The van der Waals surface area contributed by atoms with Gasteiger partial charge < -0.3 is 14.7 Å². The molecule has 1 rings (SSSR count). The van der Waals surface area contributed by atoms with Crippen LogP contribution in [0.3, 0.4) is 0 Å². The van der Waals surface area contributed by atoms with Gasteiger partial charge in [-0.3, -0.25) is 20.2 Å². The van der Waals surface area contributed by atoms with Gasteiger partial charge in [-0.1, -0.05) is 6.92 Å². The van der Waals surface area contributed by atoms with Crippen molar-refractivity contribution in [1.82, 2.24) is 0 Å². The number of nitro groups is 2. The Kier molecular flexibility index (Phi) is 7.01. The van der Waals surface area contributed by atoms with Gasteiger partial charge in [-0.25, -0.2) is 4.79 Å². The fourth-order valence-electron chi connectivity index (χ4n) is 2.40. The van der Waals surface area contributed by atoms with Gasteiger partial charge in [0.2, 0.25) is 0 Å². The molecular formula is C16H23N3O7. The first-order valence-corrected chi connectivity index (χ1v) is 8.07. The van der Waals surface area contributed by atoms with Crippen molar-refractivity contribution in [2.45, 2.75) is 39.7 Å². The molecule has 0 aliphatic heterocycles. The van der Waals surface area contributed by atoms with Crippen molar-refractivity contribution >= 4 is 23.0 Å². The summed E-state index contributed by atoms with van der Waals surface area (Å²) in [4.78, 5) is 35.1. The van der Waals surface area contributed by atoms with E-state index in [4.69, 9.17) is 4.74 Å². The molecule has 0 radical (unpaired) electrons. The number of ether oxygens (including phenoxy) is 1. The zero-order valence-corrected chi connectivity index (χ0v) is 15.2. The number of nitro benzene ring substituents is 2. The highest BCUT2D eigenvalue weighted by molar-refractivity contribution is 5.99. The van der Waals surface area contributed by atoms with E-state index in [0.29, 0.717) is 13.0 Å². The predicted molar refractivity (Wildman–Crippen MR) is 94.5 cm³/mol. The van der Waals surface area contributed by atoms with E-state index in [1.165, 1.54) is 4.90 Å². The van der Waals surface area contributed by atoms with Gasteiger partial charge in [0.15, 0.2) is 0 Å². The molecule has 26 heavy (non-hydrogen) atoms. The molecule has 144 valence electrons. The molecular weight excluding hydrogens is 346 g/mol. The summed E-state index contributed by atoms with van der Waals surface area (Å²) in [5, 5.41) is 31.9. The van der Waals surface area contributed by atoms with Crippen molar-refractivity contribution in [3.8, 4) is 0 Å². The van der Waals surface area contributed by atoms with E-state index in [1.807, 2.05) is 6.92 Å². The van der Waals surface area contributed by atoms with E-state index in [2.05, 4.69) is 0 Å². The van der Waals surface area contributed by atoms with Crippen LogP contribution < -0.4 is 4.90 Å². The molecule has 1 N–H and O–H groups in total. The van der Waals surface area contributed by atoms with Crippen LogP contribution in [0.15, 0.2) is 12.1 Å². The number of hydrogen-bond acceptors (Lipinski definition) is 8. The Morgan fingerprint density at radius 3 is 2.23 bits per heavy atom. The lowest BCUT2D eigenvalue weighted by Gasteiger charge is -2.26. The molecule has 0 heterocycles. The fraction of sp³-hybridized carbons (Fsp3) is 0.562. The van der Waals surface area contributed by atoms with Gasteiger partial charge in [-0.15, -0.1) is 0 Å². The van der Waals surface area contributed by atoms with Gasteiger partial charge in [0.1, 0.15) is 11.3 Å². The maximum Gasteiger partial charge on any atom is 0.341 e. The van der Waals surface area contributed by atoms with Gasteiger partial charge in [0.25, 0.3) is 11.4 Å². The van der Waals surface area contributed by atoms with Crippen molar-refractivity contribution in [1.29, 1.82) is 0 Å². The van der Waals surface area contributed by atoms with Gasteiger partial charge in [0, 0.05) is 19.2 Å². The third kappa shape index (κ3) is 5.38. The molecule has 0 saturated heterocycles. The molecule has 0 aliphatic rings. The first-order chi connectivity index (χ1) is 12.0. The van der Waals surface area contributed by atoms with Crippen molar-refractivity contribution in [2.24, 2.45) is 0 Å². The summed E-state index contributed by atoms with van der Waals surface area (Å²) in [6.07, 6.45) is 0.585. The van der Waals surface area contributed by atoms with Crippen LogP contribution in [0, 0.1) is 20.2 Å². The highest BCUT2D eigenvalue weighted by Gasteiger charge is 2.32. The van der Waals surface area contributed by atoms with Crippen LogP contribution in [0.25, 0.3) is 0 Å². The van der Waals surface area contributed by atoms with Gasteiger partial charge in [-0.05, 0) is 27.2 Å². The fourth-order valence-corrected chi connectivity index (χ4v) is 2.40. The molecule has 0 amide bonds. The molecule has 0 aliphatic carbocycles. The molecule has 0 unspecified atom stereocenters. The predicted octanol–water partition coefficient (Wildman–Crippen LogP) is 2.67. The Bertz CT molecular complexity index is 692. The average Bonchev–Trinajstić information content (AvgIpc) is 2.51. The summed E-state index contributed by atoms with van der Waals surface area (Å²) in [6, 6.07) is 1.78. The van der Waals surface area contributed by atoms with Crippen molar-refractivity contribution in [3.05, 3.63) is 37.9 Å². The topological polar surface area (TPSA) is 136 Å². The average molecular weight is 369 g/mol. The van der Waals surface area contributed by atoms with E-state index in [9.17, 15) is 30.1 Å². The quantitative estimate of drug-likeness (QED) is 0.419. The summed E-state index contributed by atoms with van der Waals surface area (Å²) in [5.74, 6) is -0.904. The maximum absolute atomic E-state index is 12.6. The lowest BCUT2D eigenvalue weighted by atomic mass is 10.1. The van der Waals surface area contributed by atoms with Crippen LogP contribution >= 0.6 is 0 Å². The molecule has 0 spiro atoms. The van der Waals surface area contributed by atoms with Crippen LogP contribution in [0.4, 0.5) is 17.1 Å². The minimum absolute atomic E-state index is 0.0300. The number of esters is 1. The molecule has 10 heteroatoms. The van der Waals surface area contributed by atoms with E-state index in [0.717, 1.165) is 12.1 Å². The largest absolute Gasteiger partial charge is 0.456 e. The van der Waals surface area contributed by atoms with Crippen molar-refractivity contribution < 1.29 is 24.5 Å². The number of aliphatic hydroxyl groups is 1. The molecule has 10 nitrogen and oxygen atoms in total. The first-order valence-electron chi connectivity index (χ1n) is 8.07. The lowest BCUT2D eigenvalue weighted by molar-refractivity contribution is -0.393. The highest BCUT2D eigenvalue weighted by atomic mass is 16.6. The minimum Gasteiger partial charge on any atom is -0.456 e. The monoisotopic (exact) mass is 369 g/mol. The van der Waals surface area contributed by atoms with Crippen LogP contribution in [-0.2, 0) is 4.74 Å². The molecule has 0 atom stereocenters. The first kappa shape index (κ1) is 21.3. The molecule has 0 aromatic heterocycles. The molecule has 1 aromatic carbocycles. The standard InChI is InChI=1S/C16H23N3O7/c1-5-6-17(7-8-20)14-12(15(21)26-16(2,3)4)9-11(18(22)23)10-13(14)19(24)25/h9-10,20H,5-8H2,1-4H3. The molecule has 1 aromatic rings.